The zero-order chi connectivity index (χ0) is 12.3. The van der Waals surface area contributed by atoms with Gasteiger partial charge < -0.3 is 9.29 Å². The maximum absolute atomic E-state index is 11.2. The fourth-order valence-corrected chi connectivity index (χ4v) is 1.59. The summed E-state index contributed by atoms with van der Waals surface area (Å²) in [6.45, 7) is 0. The van der Waals surface area contributed by atoms with Gasteiger partial charge in [0, 0.05) is 17.0 Å². The van der Waals surface area contributed by atoms with E-state index in [1.165, 1.54) is 0 Å². The van der Waals surface area contributed by atoms with Crippen molar-refractivity contribution in [2.45, 2.75) is 4.90 Å². The quantitative estimate of drug-likeness (QED) is 0.333. The summed E-state index contributed by atoms with van der Waals surface area (Å²) in [5, 5.41) is 10.4. The molecule has 0 radical (unpaired) electrons. The topological polar surface area (TPSA) is 110 Å². The van der Waals surface area contributed by atoms with Crippen LogP contribution in [0.3, 0.4) is 0 Å². The monoisotopic (exact) mass is 244 g/mol. The summed E-state index contributed by atoms with van der Waals surface area (Å²) in [4.78, 5) is 20.4. The van der Waals surface area contributed by atoms with Gasteiger partial charge in [-0.2, -0.15) is 0 Å². The molecule has 7 nitrogen and oxygen atoms in total. The Bertz CT molecular complexity index is 472. The second-order valence-electron chi connectivity index (χ2n) is 2.66. The minimum absolute atomic E-state index is 0.235. The number of non-ortho nitro benzene ring substituents is 1. The van der Waals surface area contributed by atoms with E-state index in [2.05, 4.69) is 4.74 Å². The number of hydrogen-bond acceptors (Lipinski definition) is 6. The smallest absolute Gasteiger partial charge is 0.339 e. The Morgan fingerprint density at radius 3 is 2.56 bits per heavy atom. The first kappa shape index (κ1) is 12.3. The summed E-state index contributed by atoms with van der Waals surface area (Å²) in [5.74, 6) is -0.867. The van der Waals surface area contributed by atoms with Crippen LogP contribution < -0.4 is 0 Å². The molecule has 1 unspecified atom stereocenters. The van der Waals surface area contributed by atoms with Crippen LogP contribution in [-0.2, 0) is 15.8 Å². The molecule has 1 aromatic carbocycles. The number of benzene rings is 1. The number of rotatable bonds is 3. The van der Waals surface area contributed by atoms with Gasteiger partial charge in [-0.1, -0.05) is 0 Å². The van der Waals surface area contributed by atoms with Gasteiger partial charge in [0.15, 0.2) is 0 Å². The minimum Gasteiger partial charge on any atom is -0.768 e. The average Bonchev–Trinajstić information content (AvgIpc) is 2.26. The SMILES string of the molecule is COC(=O)c1ccc([N+](=O)[O-])cc1S(=O)[O-]. The molecule has 0 heterocycles. The summed E-state index contributed by atoms with van der Waals surface area (Å²) < 4.78 is 25.9. The van der Waals surface area contributed by atoms with Crippen LogP contribution in [0.4, 0.5) is 5.69 Å². The minimum atomic E-state index is -2.74. The summed E-state index contributed by atoms with van der Waals surface area (Å²) in [6.07, 6.45) is 0. The Morgan fingerprint density at radius 1 is 1.50 bits per heavy atom. The fourth-order valence-electron chi connectivity index (χ4n) is 1.04. The zero-order valence-corrected chi connectivity index (χ0v) is 8.85. The van der Waals surface area contributed by atoms with Crippen molar-refractivity contribution in [3.63, 3.8) is 0 Å². The lowest BCUT2D eigenvalue weighted by atomic mass is 10.2. The Morgan fingerprint density at radius 2 is 2.12 bits per heavy atom. The molecule has 0 amide bonds. The molecular weight excluding hydrogens is 238 g/mol. The van der Waals surface area contributed by atoms with Gasteiger partial charge in [-0.15, -0.1) is 0 Å². The van der Waals surface area contributed by atoms with E-state index >= 15 is 0 Å². The van der Waals surface area contributed by atoms with Gasteiger partial charge in [0.1, 0.15) is 0 Å². The van der Waals surface area contributed by atoms with E-state index in [9.17, 15) is 23.7 Å². The van der Waals surface area contributed by atoms with E-state index in [0.717, 1.165) is 25.3 Å². The summed E-state index contributed by atoms with van der Waals surface area (Å²) in [5.41, 5.74) is -0.645. The molecule has 0 saturated carbocycles. The molecule has 1 aromatic rings. The van der Waals surface area contributed by atoms with E-state index < -0.39 is 32.6 Å². The van der Waals surface area contributed by atoms with Crippen molar-refractivity contribution in [1.29, 1.82) is 0 Å². The Kier molecular flexibility index (Phi) is 3.69. The van der Waals surface area contributed by atoms with Crippen molar-refractivity contribution in [3.8, 4) is 0 Å². The average molecular weight is 244 g/mol. The van der Waals surface area contributed by atoms with Crippen LogP contribution in [0.5, 0.6) is 0 Å². The molecule has 0 bridgehead atoms. The summed E-state index contributed by atoms with van der Waals surface area (Å²) >= 11 is -2.74. The lowest BCUT2D eigenvalue weighted by Crippen LogP contribution is -2.07. The van der Waals surface area contributed by atoms with Crippen molar-refractivity contribution < 1.29 is 23.2 Å². The van der Waals surface area contributed by atoms with E-state index in [0.29, 0.717) is 0 Å². The van der Waals surface area contributed by atoms with E-state index in [1.54, 1.807) is 0 Å². The van der Waals surface area contributed by atoms with Gasteiger partial charge >= 0.3 is 5.97 Å². The first-order valence-corrected chi connectivity index (χ1v) is 5.01. The van der Waals surface area contributed by atoms with Gasteiger partial charge in [0.25, 0.3) is 5.69 Å². The molecule has 0 spiro atoms. The van der Waals surface area contributed by atoms with Crippen molar-refractivity contribution in [2.75, 3.05) is 7.11 Å². The van der Waals surface area contributed by atoms with Crippen LogP contribution >= 0.6 is 0 Å². The van der Waals surface area contributed by atoms with Crippen LogP contribution in [0.2, 0.25) is 0 Å². The van der Waals surface area contributed by atoms with Gasteiger partial charge in [0.2, 0.25) is 0 Å². The maximum atomic E-state index is 11.2. The number of methoxy groups -OCH3 is 1. The van der Waals surface area contributed by atoms with Gasteiger partial charge in [-0.05, 0) is 17.1 Å². The molecule has 0 aliphatic carbocycles. The lowest BCUT2D eigenvalue weighted by molar-refractivity contribution is -0.385. The van der Waals surface area contributed by atoms with Crippen molar-refractivity contribution in [1.82, 2.24) is 0 Å². The third-order valence-corrected chi connectivity index (χ3v) is 2.46. The maximum Gasteiger partial charge on any atom is 0.339 e. The molecule has 0 N–H and O–H groups in total. The van der Waals surface area contributed by atoms with Gasteiger partial charge in [-0.25, -0.2) is 4.79 Å². The predicted octanol–water partition coefficient (Wildman–Crippen LogP) is 0.619. The van der Waals surface area contributed by atoms with Crippen molar-refractivity contribution >= 4 is 22.7 Å². The lowest BCUT2D eigenvalue weighted by Gasteiger charge is -2.09. The number of carbonyl (C=O) groups excluding carboxylic acids is 1. The third-order valence-electron chi connectivity index (χ3n) is 1.76. The van der Waals surface area contributed by atoms with E-state index in [-0.39, 0.29) is 5.56 Å². The second kappa shape index (κ2) is 4.81. The number of carbonyl (C=O) groups is 1. The van der Waals surface area contributed by atoms with Crippen molar-refractivity contribution in [3.05, 3.63) is 33.9 Å². The second-order valence-corrected chi connectivity index (χ2v) is 3.57. The molecule has 0 aromatic heterocycles. The molecular formula is C8H6NO6S-. The number of nitrogens with zero attached hydrogens (tertiary/aromatic N) is 1. The van der Waals surface area contributed by atoms with Crippen LogP contribution in [0.1, 0.15) is 10.4 Å². The number of esters is 1. The molecule has 86 valence electrons. The number of ether oxygens (including phenoxy) is 1. The van der Waals surface area contributed by atoms with Crippen LogP contribution in [0.15, 0.2) is 23.1 Å². The standard InChI is InChI=1S/C8H7NO6S/c1-15-8(10)6-3-2-5(9(11)12)4-7(6)16(13)14/h2-4H,1H3,(H,13,14)/p-1. The largest absolute Gasteiger partial charge is 0.768 e. The molecule has 1 rings (SSSR count). The highest BCUT2D eigenvalue weighted by Gasteiger charge is 2.16. The van der Waals surface area contributed by atoms with Crippen LogP contribution in [0.25, 0.3) is 0 Å². The molecule has 16 heavy (non-hydrogen) atoms. The first-order chi connectivity index (χ1) is 7.47. The molecule has 0 fully saturated rings. The fraction of sp³-hybridized carbons (Fsp3) is 0.125. The van der Waals surface area contributed by atoms with Crippen LogP contribution in [0, 0.1) is 10.1 Å². The zero-order valence-electron chi connectivity index (χ0n) is 8.04. The Labute approximate surface area is 92.5 Å². The highest BCUT2D eigenvalue weighted by Crippen LogP contribution is 2.20. The number of hydrogen-bond donors (Lipinski definition) is 0. The molecule has 0 aliphatic rings. The Hall–Kier alpha value is -1.80. The molecule has 0 aliphatic heterocycles. The summed E-state index contributed by atoms with van der Waals surface area (Å²) in [6, 6.07) is 2.87. The van der Waals surface area contributed by atoms with Crippen molar-refractivity contribution in [2.24, 2.45) is 0 Å². The first-order valence-electron chi connectivity index (χ1n) is 3.93. The molecule has 0 saturated heterocycles. The number of nitro groups is 1. The van der Waals surface area contributed by atoms with E-state index in [4.69, 9.17) is 0 Å². The third kappa shape index (κ3) is 2.41. The Balaban J connectivity index is 3.36. The molecule has 1 atom stereocenters. The van der Waals surface area contributed by atoms with Crippen LogP contribution in [-0.4, -0.2) is 26.8 Å². The molecule has 8 heteroatoms. The highest BCUT2D eigenvalue weighted by molar-refractivity contribution is 7.79. The van der Waals surface area contributed by atoms with Gasteiger partial charge in [0.05, 0.1) is 17.6 Å². The normalized spacial score (nSPS) is 11.9. The highest BCUT2D eigenvalue weighted by atomic mass is 32.2. The summed E-state index contributed by atoms with van der Waals surface area (Å²) in [7, 11) is 1.08. The van der Waals surface area contributed by atoms with E-state index in [1.807, 2.05) is 0 Å². The number of nitro benzene ring substituents is 1. The predicted molar refractivity (Wildman–Crippen MR) is 51.6 cm³/mol. The van der Waals surface area contributed by atoms with Gasteiger partial charge in [-0.3, -0.25) is 14.3 Å².